The molecule has 0 radical (unpaired) electrons. The van der Waals surface area contributed by atoms with Gasteiger partial charge in [-0.15, -0.1) is 0 Å². The average molecular weight is 329 g/mol. The standard InChI is InChI=1S/C13H17ClN4O2S/c1-10(8-18-5-4-16-9-18)17-21(19,20)13-3-2-11(7-15)6-12(13)14/h2-6,9-10,17H,7-8,15H2,1H3. The van der Waals surface area contributed by atoms with Gasteiger partial charge in [-0.25, -0.2) is 18.1 Å². The van der Waals surface area contributed by atoms with Gasteiger partial charge in [0.05, 0.1) is 11.3 Å². The molecule has 21 heavy (non-hydrogen) atoms. The van der Waals surface area contributed by atoms with E-state index in [4.69, 9.17) is 17.3 Å². The number of nitrogens with two attached hydrogens (primary N) is 1. The maximum absolute atomic E-state index is 12.3. The molecule has 6 nitrogen and oxygen atoms in total. The van der Waals surface area contributed by atoms with Crippen LogP contribution in [0.15, 0.2) is 41.8 Å². The maximum atomic E-state index is 12.3. The zero-order valence-electron chi connectivity index (χ0n) is 11.5. The van der Waals surface area contributed by atoms with Crippen LogP contribution in [0.5, 0.6) is 0 Å². The minimum Gasteiger partial charge on any atom is -0.336 e. The van der Waals surface area contributed by atoms with Gasteiger partial charge in [0.2, 0.25) is 10.0 Å². The first kappa shape index (κ1) is 16.0. The Bertz CT molecular complexity index is 701. The van der Waals surface area contributed by atoms with Crippen LogP contribution in [0.2, 0.25) is 5.02 Å². The Balaban J connectivity index is 2.14. The smallest absolute Gasteiger partial charge is 0.242 e. The number of nitrogens with zero attached hydrogens (tertiary/aromatic N) is 2. The number of aromatic nitrogens is 2. The summed E-state index contributed by atoms with van der Waals surface area (Å²) in [5.41, 5.74) is 6.28. The Morgan fingerprint density at radius 2 is 2.24 bits per heavy atom. The van der Waals surface area contributed by atoms with Crippen molar-refractivity contribution >= 4 is 21.6 Å². The van der Waals surface area contributed by atoms with Crippen molar-refractivity contribution in [1.29, 1.82) is 0 Å². The monoisotopic (exact) mass is 328 g/mol. The molecule has 114 valence electrons. The number of hydrogen-bond acceptors (Lipinski definition) is 4. The van der Waals surface area contributed by atoms with Gasteiger partial charge in [-0.05, 0) is 24.6 Å². The Labute approximate surface area is 129 Å². The summed E-state index contributed by atoms with van der Waals surface area (Å²) in [6, 6.07) is 4.39. The fraction of sp³-hybridized carbons (Fsp3) is 0.308. The van der Waals surface area contributed by atoms with Gasteiger partial charge in [0.25, 0.3) is 0 Å². The van der Waals surface area contributed by atoms with Crippen LogP contribution in [-0.4, -0.2) is 24.0 Å². The average Bonchev–Trinajstić information content (AvgIpc) is 2.90. The van der Waals surface area contributed by atoms with Crippen molar-refractivity contribution < 1.29 is 8.42 Å². The van der Waals surface area contributed by atoms with Crippen molar-refractivity contribution in [3.05, 3.63) is 47.5 Å². The van der Waals surface area contributed by atoms with Crippen molar-refractivity contribution in [3.63, 3.8) is 0 Å². The first-order valence-corrected chi connectivity index (χ1v) is 8.25. The van der Waals surface area contributed by atoms with Crippen LogP contribution in [0.25, 0.3) is 0 Å². The molecule has 8 heteroatoms. The van der Waals surface area contributed by atoms with E-state index in [0.717, 1.165) is 5.56 Å². The Morgan fingerprint density at radius 3 is 2.81 bits per heavy atom. The lowest BCUT2D eigenvalue weighted by Gasteiger charge is -2.15. The summed E-state index contributed by atoms with van der Waals surface area (Å²) in [7, 11) is -3.67. The minimum atomic E-state index is -3.67. The second-order valence-corrected chi connectivity index (χ2v) is 6.84. The van der Waals surface area contributed by atoms with Gasteiger partial charge in [-0.2, -0.15) is 0 Å². The molecular weight excluding hydrogens is 312 g/mol. The fourth-order valence-corrected chi connectivity index (χ4v) is 3.77. The summed E-state index contributed by atoms with van der Waals surface area (Å²) in [5, 5.41) is 0.167. The highest BCUT2D eigenvalue weighted by Crippen LogP contribution is 2.22. The molecule has 0 aliphatic heterocycles. The molecule has 0 spiro atoms. The highest BCUT2D eigenvalue weighted by molar-refractivity contribution is 7.89. The van der Waals surface area contributed by atoms with E-state index < -0.39 is 10.0 Å². The SMILES string of the molecule is CC(Cn1ccnc1)NS(=O)(=O)c1ccc(CN)cc1Cl. The predicted octanol–water partition coefficient (Wildman–Crippen LogP) is 1.36. The Morgan fingerprint density at radius 1 is 1.48 bits per heavy atom. The zero-order chi connectivity index (χ0) is 15.5. The van der Waals surface area contributed by atoms with Crippen molar-refractivity contribution in [1.82, 2.24) is 14.3 Å². The van der Waals surface area contributed by atoms with Crippen molar-refractivity contribution in [2.45, 2.75) is 31.0 Å². The van der Waals surface area contributed by atoms with Gasteiger partial charge in [0.15, 0.2) is 0 Å². The van der Waals surface area contributed by atoms with E-state index in [2.05, 4.69) is 9.71 Å². The summed E-state index contributed by atoms with van der Waals surface area (Å²) >= 11 is 6.03. The highest BCUT2D eigenvalue weighted by Gasteiger charge is 2.20. The van der Waals surface area contributed by atoms with Gasteiger partial charge in [0, 0.05) is 31.5 Å². The second-order valence-electron chi connectivity index (χ2n) is 4.75. The molecule has 0 amide bonds. The number of halogens is 1. The van der Waals surface area contributed by atoms with E-state index in [1.807, 2.05) is 0 Å². The minimum absolute atomic E-state index is 0.0545. The topological polar surface area (TPSA) is 90.0 Å². The second kappa shape index (κ2) is 6.57. The van der Waals surface area contributed by atoms with Crippen LogP contribution in [-0.2, 0) is 23.1 Å². The summed E-state index contributed by atoms with van der Waals surface area (Å²) in [6.07, 6.45) is 5.05. The molecule has 0 aliphatic carbocycles. The van der Waals surface area contributed by atoms with Gasteiger partial charge < -0.3 is 10.3 Å². The first-order chi connectivity index (χ1) is 9.92. The summed E-state index contributed by atoms with van der Waals surface area (Å²) < 4.78 is 29.1. The molecule has 0 saturated carbocycles. The number of nitrogens with one attached hydrogen (secondary N) is 1. The molecule has 0 bridgehead atoms. The number of benzene rings is 1. The molecule has 2 rings (SSSR count). The van der Waals surface area contributed by atoms with Gasteiger partial charge in [-0.3, -0.25) is 0 Å². The summed E-state index contributed by atoms with van der Waals surface area (Å²) in [4.78, 5) is 3.97. The molecule has 2 aromatic rings. The van der Waals surface area contributed by atoms with Crippen molar-refractivity contribution in [3.8, 4) is 0 Å². The third-order valence-corrected chi connectivity index (χ3v) is 4.99. The third kappa shape index (κ3) is 4.04. The molecule has 0 aliphatic rings. The quantitative estimate of drug-likeness (QED) is 0.837. The molecule has 0 fully saturated rings. The normalized spacial score (nSPS) is 13.3. The fourth-order valence-electron chi connectivity index (χ4n) is 1.97. The van der Waals surface area contributed by atoms with Crippen LogP contribution in [0, 0.1) is 0 Å². The number of sulfonamides is 1. The van der Waals surface area contributed by atoms with Crippen LogP contribution < -0.4 is 10.5 Å². The first-order valence-electron chi connectivity index (χ1n) is 6.39. The van der Waals surface area contributed by atoms with E-state index in [0.29, 0.717) is 13.1 Å². The van der Waals surface area contributed by atoms with Crippen LogP contribution >= 0.6 is 11.6 Å². The molecular formula is C13H17ClN4O2S. The van der Waals surface area contributed by atoms with E-state index in [9.17, 15) is 8.42 Å². The van der Waals surface area contributed by atoms with Crippen LogP contribution in [0.4, 0.5) is 0 Å². The molecule has 0 saturated heterocycles. The molecule has 1 aromatic carbocycles. The highest BCUT2D eigenvalue weighted by atomic mass is 35.5. The largest absolute Gasteiger partial charge is 0.336 e. The summed E-state index contributed by atoms with van der Waals surface area (Å²) in [6.45, 7) is 2.57. The number of imidazole rings is 1. The third-order valence-electron chi connectivity index (χ3n) is 2.92. The zero-order valence-corrected chi connectivity index (χ0v) is 13.1. The van der Waals surface area contributed by atoms with E-state index in [-0.39, 0.29) is 16.0 Å². The maximum Gasteiger partial charge on any atom is 0.242 e. The Hall–Kier alpha value is -1.41. The van der Waals surface area contributed by atoms with Gasteiger partial charge >= 0.3 is 0 Å². The molecule has 1 aromatic heterocycles. The molecule has 1 heterocycles. The molecule has 1 unspecified atom stereocenters. The van der Waals surface area contributed by atoms with E-state index in [1.54, 1.807) is 42.3 Å². The lowest BCUT2D eigenvalue weighted by Crippen LogP contribution is -2.35. The van der Waals surface area contributed by atoms with E-state index >= 15 is 0 Å². The molecule has 3 N–H and O–H groups in total. The lowest BCUT2D eigenvalue weighted by molar-refractivity contribution is 0.520. The number of hydrogen-bond donors (Lipinski definition) is 2. The molecule has 1 atom stereocenters. The van der Waals surface area contributed by atoms with Crippen molar-refractivity contribution in [2.24, 2.45) is 5.73 Å². The van der Waals surface area contributed by atoms with Crippen molar-refractivity contribution in [2.75, 3.05) is 0 Å². The Kier molecular flexibility index (Phi) is 5.00. The van der Waals surface area contributed by atoms with Crippen LogP contribution in [0.3, 0.4) is 0 Å². The predicted molar refractivity (Wildman–Crippen MR) is 81.4 cm³/mol. The lowest BCUT2D eigenvalue weighted by atomic mass is 10.2. The van der Waals surface area contributed by atoms with Gasteiger partial charge in [-0.1, -0.05) is 17.7 Å². The van der Waals surface area contributed by atoms with Gasteiger partial charge in [0.1, 0.15) is 4.90 Å². The van der Waals surface area contributed by atoms with E-state index in [1.165, 1.54) is 6.07 Å². The summed E-state index contributed by atoms with van der Waals surface area (Å²) in [5.74, 6) is 0. The van der Waals surface area contributed by atoms with Crippen LogP contribution in [0.1, 0.15) is 12.5 Å². The number of rotatable bonds is 6.